The molecule has 6 heteroatoms. The lowest BCUT2D eigenvalue weighted by Crippen LogP contribution is -2.22. The largest absolute Gasteiger partial charge is 0.223 e. The zero-order chi connectivity index (χ0) is 17.3. The standard InChI is InChI=1S/C18H17ClF2O2S/c19-13-4-7-15(8-5-13)24(22,23)18(10-12-2-1-3-12)16-11-14(20)6-9-17(16)21/h4-9,11-12,18H,1-3,10H2. The highest BCUT2D eigenvalue weighted by Crippen LogP contribution is 2.41. The third-order valence-corrected chi connectivity index (χ3v) is 6.97. The fraction of sp³-hybridized carbons (Fsp3) is 0.333. The Morgan fingerprint density at radius 1 is 1.08 bits per heavy atom. The van der Waals surface area contributed by atoms with Crippen molar-refractivity contribution in [3.63, 3.8) is 0 Å². The van der Waals surface area contributed by atoms with Crippen LogP contribution < -0.4 is 0 Å². The Kier molecular flexibility index (Phi) is 4.92. The Labute approximate surface area is 145 Å². The van der Waals surface area contributed by atoms with Crippen LogP contribution in [0, 0.1) is 17.6 Å². The normalized spacial score (nSPS) is 16.6. The van der Waals surface area contributed by atoms with Gasteiger partial charge in [0.25, 0.3) is 0 Å². The number of halogens is 3. The maximum atomic E-state index is 14.3. The summed E-state index contributed by atoms with van der Waals surface area (Å²) in [5, 5.41) is -0.680. The SMILES string of the molecule is O=S(=O)(c1ccc(Cl)cc1)C(CC1CCC1)c1cc(F)ccc1F. The van der Waals surface area contributed by atoms with Crippen LogP contribution in [0.5, 0.6) is 0 Å². The molecule has 0 heterocycles. The molecule has 0 aromatic heterocycles. The molecule has 2 nitrogen and oxygen atoms in total. The maximum absolute atomic E-state index is 14.3. The summed E-state index contributed by atoms with van der Waals surface area (Å²) in [5.74, 6) is -1.12. The fourth-order valence-corrected chi connectivity index (χ4v) is 5.01. The van der Waals surface area contributed by atoms with Gasteiger partial charge in [0.05, 0.1) is 10.1 Å². The van der Waals surface area contributed by atoms with Gasteiger partial charge in [-0.25, -0.2) is 17.2 Å². The van der Waals surface area contributed by atoms with Crippen molar-refractivity contribution in [2.24, 2.45) is 5.92 Å². The maximum Gasteiger partial charge on any atom is 0.185 e. The van der Waals surface area contributed by atoms with Crippen molar-refractivity contribution in [3.8, 4) is 0 Å². The molecule has 2 aromatic rings. The van der Waals surface area contributed by atoms with E-state index in [0.29, 0.717) is 11.4 Å². The van der Waals surface area contributed by atoms with E-state index in [1.807, 2.05) is 0 Å². The second-order valence-corrected chi connectivity index (χ2v) is 8.75. The number of rotatable bonds is 5. The first kappa shape index (κ1) is 17.4. The lowest BCUT2D eigenvalue weighted by molar-refractivity contribution is 0.290. The summed E-state index contributed by atoms with van der Waals surface area (Å²) in [7, 11) is -3.85. The van der Waals surface area contributed by atoms with Gasteiger partial charge in [-0.2, -0.15) is 0 Å². The van der Waals surface area contributed by atoms with Gasteiger partial charge in [0.1, 0.15) is 11.6 Å². The monoisotopic (exact) mass is 370 g/mol. The van der Waals surface area contributed by atoms with Crippen LogP contribution in [0.25, 0.3) is 0 Å². The Balaban J connectivity index is 2.06. The molecule has 0 radical (unpaired) electrons. The van der Waals surface area contributed by atoms with Crippen LogP contribution in [-0.4, -0.2) is 8.42 Å². The first-order chi connectivity index (χ1) is 11.4. The van der Waals surface area contributed by atoms with E-state index < -0.39 is 26.7 Å². The lowest BCUT2D eigenvalue weighted by Gasteiger charge is -2.30. The molecule has 0 aliphatic heterocycles. The number of hydrogen-bond acceptors (Lipinski definition) is 2. The van der Waals surface area contributed by atoms with E-state index in [9.17, 15) is 17.2 Å². The van der Waals surface area contributed by atoms with E-state index in [1.165, 1.54) is 24.3 Å². The van der Waals surface area contributed by atoms with Gasteiger partial charge < -0.3 is 0 Å². The molecule has 128 valence electrons. The van der Waals surface area contributed by atoms with Crippen molar-refractivity contribution in [3.05, 3.63) is 64.7 Å². The lowest BCUT2D eigenvalue weighted by atomic mass is 9.81. The minimum Gasteiger partial charge on any atom is -0.223 e. The number of benzene rings is 2. The highest BCUT2D eigenvalue weighted by atomic mass is 35.5. The summed E-state index contributed by atoms with van der Waals surface area (Å²) in [5.41, 5.74) is -0.100. The van der Waals surface area contributed by atoms with Gasteiger partial charge in [-0.05, 0) is 54.8 Å². The van der Waals surface area contributed by atoms with Gasteiger partial charge in [0.2, 0.25) is 0 Å². The summed E-state index contributed by atoms with van der Waals surface area (Å²) >= 11 is 5.82. The molecule has 1 aliphatic carbocycles. The van der Waals surface area contributed by atoms with Gasteiger partial charge in [0.15, 0.2) is 9.84 Å². The molecular weight excluding hydrogens is 354 g/mol. The van der Waals surface area contributed by atoms with Gasteiger partial charge in [-0.15, -0.1) is 0 Å². The minimum absolute atomic E-state index is 0.0693. The summed E-state index contributed by atoms with van der Waals surface area (Å²) in [6.45, 7) is 0. The van der Waals surface area contributed by atoms with Crippen LogP contribution in [0.1, 0.15) is 36.5 Å². The topological polar surface area (TPSA) is 34.1 Å². The average Bonchev–Trinajstić information content (AvgIpc) is 2.49. The van der Waals surface area contributed by atoms with E-state index >= 15 is 0 Å². The molecular formula is C18H17ClF2O2S. The van der Waals surface area contributed by atoms with E-state index in [4.69, 9.17) is 11.6 Å². The third-order valence-electron chi connectivity index (χ3n) is 4.59. The molecule has 1 fully saturated rings. The molecule has 2 aromatic carbocycles. The quantitative estimate of drug-likeness (QED) is 0.713. The van der Waals surface area contributed by atoms with Gasteiger partial charge in [-0.1, -0.05) is 30.9 Å². The zero-order valence-corrected chi connectivity index (χ0v) is 14.5. The summed E-state index contributed by atoms with van der Waals surface area (Å²) < 4.78 is 54.0. The molecule has 1 atom stereocenters. The van der Waals surface area contributed by atoms with Crippen molar-refractivity contribution in [1.29, 1.82) is 0 Å². The Hall–Kier alpha value is -1.46. The summed E-state index contributed by atoms with van der Waals surface area (Å²) in [6, 6.07) is 8.74. The predicted octanol–water partition coefficient (Wildman–Crippen LogP) is 5.32. The van der Waals surface area contributed by atoms with E-state index in [2.05, 4.69) is 0 Å². The van der Waals surface area contributed by atoms with Crippen molar-refractivity contribution in [2.45, 2.75) is 35.8 Å². The highest BCUT2D eigenvalue weighted by Gasteiger charge is 2.35. The van der Waals surface area contributed by atoms with Crippen LogP contribution in [0.4, 0.5) is 8.78 Å². The number of sulfone groups is 1. The smallest absolute Gasteiger partial charge is 0.185 e. The molecule has 0 saturated heterocycles. The van der Waals surface area contributed by atoms with E-state index in [-0.39, 0.29) is 16.4 Å². The molecule has 3 rings (SSSR count). The van der Waals surface area contributed by atoms with Crippen molar-refractivity contribution >= 4 is 21.4 Å². The predicted molar refractivity (Wildman–Crippen MR) is 89.7 cm³/mol. The molecule has 0 spiro atoms. The van der Waals surface area contributed by atoms with Crippen LogP contribution in [0.3, 0.4) is 0 Å². The van der Waals surface area contributed by atoms with E-state index in [1.54, 1.807) is 0 Å². The van der Waals surface area contributed by atoms with Crippen molar-refractivity contribution in [1.82, 2.24) is 0 Å². The zero-order valence-electron chi connectivity index (χ0n) is 12.9. The minimum atomic E-state index is -3.85. The molecule has 0 N–H and O–H groups in total. The Morgan fingerprint density at radius 2 is 1.75 bits per heavy atom. The summed E-state index contributed by atoms with van der Waals surface area (Å²) in [6.07, 6.45) is 3.18. The average molecular weight is 371 g/mol. The van der Waals surface area contributed by atoms with Crippen LogP contribution in [-0.2, 0) is 9.84 Å². The third kappa shape index (κ3) is 3.47. The van der Waals surface area contributed by atoms with Gasteiger partial charge in [-0.3, -0.25) is 0 Å². The first-order valence-corrected chi connectivity index (χ1v) is 9.75. The van der Waals surface area contributed by atoms with Crippen molar-refractivity contribution < 1.29 is 17.2 Å². The van der Waals surface area contributed by atoms with Crippen LogP contribution in [0.15, 0.2) is 47.4 Å². The molecule has 1 unspecified atom stereocenters. The highest BCUT2D eigenvalue weighted by molar-refractivity contribution is 7.91. The van der Waals surface area contributed by atoms with Crippen LogP contribution >= 0.6 is 11.6 Å². The molecule has 0 bridgehead atoms. The van der Waals surface area contributed by atoms with Gasteiger partial charge >= 0.3 is 0 Å². The molecule has 0 amide bonds. The number of hydrogen-bond donors (Lipinski definition) is 0. The van der Waals surface area contributed by atoms with Gasteiger partial charge in [0, 0.05) is 10.6 Å². The van der Waals surface area contributed by atoms with Crippen LogP contribution in [0.2, 0.25) is 5.02 Å². The summed E-state index contributed by atoms with van der Waals surface area (Å²) in [4.78, 5) is 0.0693. The molecule has 1 saturated carbocycles. The second kappa shape index (κ2) is 6.81. The fourth-order valence-electron chi connectivity index (χ4n) is 3.00. The Morgan fingerprint density at radius 3 is 2.33 bits per heavy atom. The first-order valence-electron chi connectivity index (χ1n) is 7.82. The molecule has 1 aliphatic rings. The molecule has 24 heavy (non-hydrogen) atoms. The Bertz CT molecular complexity index is 831. The second-order valence-electron chi connectivity index (χ2n) is 6.19. The van der Waals surface area contributed by atoms with E-state index in [0.717, 1.165) is 37.5 Å². The van der Waals surface area contributed by atoms with Crippen molar-refractivity contribution in [2.75, 3.05) is 0 Å².